The Bertz CT molecular complexity index is 642. The molecule has 3 rings (SSSR count). The molecule has 0 aliphatic carbocycles. The van der Waals surface area contributed by atoms with Gasteiger partial charge in [-0.25, -0.2) is 4.98 Å². The molecule has 0 bridgehead atoms. The summed E-state index contributed by atoms with van der Waals surface area (Å²) >= 11 is 0. The van der Waals surface area contributed by atoms with Crippen LogP contribution in [0.2, 0.25) is 0 Å². The first-order valence-corrected chi connectivity index (χ1v) is 5.76. The molecule has 0 atom stereocenters. The van der Waals surface area contributed by atoms with E-state index in [4.69, 9.17) is 4.74 Å². The monoisotopic (exact) mass is 226 g/mol. The standard InChI is InChI=1S/C14H14N2O/c1-3-17-10-4-5-11-12-6-7-16(2)9-14(12)15-13(11)8-10/h4-9H,3H2,1-2H3. The van der Waals surface area contributed by atoms with Gasteiger partial charge >= 0.3 is 0 Å². The zero-order valence-corrected chi connectivity index (χ0v) is 9.97. The van der Waals surface area contributed by atoms with Crippen molar-refractivity contribution < 1.29 is 4.74 Å². The Hall–Kier alpha value is -2.03. The molecule has 0 amide bonds. The number of fused-ring (bicyclic) bond motifs is 3. The molecule has 0 saturated carbocycles. The smallest absolute Gasteiger partial charge is 0.121 e. The van der Waals surface area contributed by atoms with Gasteiger partial charge in [-0.1, -0.05) is 0 Å². The molecule has 0 saturated heterocycles. The molecule has 0 aromatic heterocycles. The van der Waals surface area contributed by atoms with Crippen molar-refractivity contribution in [1.82, 2.24) is 9.55 Å². The summed E-state index contributed by atoms with van der Waals surface area (Å²) in [7, 11) is 2.00. The summed E-state index contributed by atoms with van der Waals surface area (Å²) in [5.41, 5.74) is 3.22. The van der Waals surface area contributed by atoms with Gasteiger partial charge in [-0.05, 0) is 25.1 Å². The maximum atomic E-state index is 5.49. The minimum Gasteiger partial charge on any atom is -0.494 e. The summed E-state index contributed by atoms with van der Waals surface area (Å²) in [5.74, 6) is 0.882. The van der Waals surface area contributed by atoms with E-state index in [1.54, 1.807) is 0 Å². The highest BCUT2D eigenvalue weighted by molar-refractivity contribution is 5.97. The average Bonchev–Trinajstić information content (AvgIpc) is 2.65. The van der Waals surface area contributed by atoms with Crippen molar-refractivity contribution >= 4 is 10.9 Å². The third kappa shape index (κ3) is 1.64. The van der Waals surface area contributed by atoms with Crippen molar-refractivity contribution in [3.8, 4) is 17.0 Å². The van der Waals surface area contributed by atoms with Gasteiger partial charge in [-0.15, -0.1) is 0 Å². The normalized spacial score (nSPS) is 11.2. The van der Waals surface area contributed by atoms with Crippen molar-refractivity contribution in [1.29, 1.82) is 0 Å². The van der Waals surface area contributed by atoms with E-state index < -0.39 is 0 Å². The molecule has 2 aliphatic heterocycles. The van der Waals surface area contributed by atoms with E-state index in [1.807, 2.05) is 43.1 Å². The SMILES string of the molecule is CCOc1ccc2c3ccn(C)cc-3nc2c1. The fraction of sp³-hybridized carbons (Fsp3) is 0.214. The Morgan fingerprint density at radius 2 is 2.18 bits per heavy atom. The van der Waals surface area contributed by atoms with E-state index in [2.05, 4.69) is 17.1 Å². The first kappa shape index (κ1) is 10.1. The first-order valence-electron chi connectivity index (χ1n) is 5.76. The fourth-order valence-corrected chi connectivity index (χ4v) is 2.12. The lowest BCUT2D eigenvalue weighted by Gasteiger charge is -2.02. The molecule has 86 valence electrons. The number of pyridine rings is 1. The number of nitrogens with zero attached hydrogens (tertiary/aromatic N) is 2. The van der Waals surface area contributed by atoms with Gasteiger partial charge in [0.1, 0.15) is 5.75 Å². The van der Waals surface area contributed by atoms with Crippen molar-refractivity contribution in [3.05, 3.63) is 36.7 Å². The Balaban J connectivity index is 2.24. The van der Waals surface area contributed by atoms with Crippen LogP contribution in [0.3, 0.4) is 0 Å². The lowest BCUT2D eigenvalue weighted by molar-refractivity contribution is 0.340. The Kier molecular flexibility index (Phi) is 2.25. The van der Waals surface area contributed by atoms with Crippen molar-refractivity contribution in [2.75, 3.05) is 6.61 Å². The van der Waals surface area contributed by atoms with E-state index in [1.165, 1.54) is 10.9 Å². The summed E-state index contributed by atoms with van der Waals surface area (Å²) in [6.45, 7) is 2.67. The molecular weight excluding hydrogens is 212 g/mol. The number of aromatic nitrogens is 2. The summed E-state index contributed by atoms with van der Waals surface area (Å²) in [6.07, 6.45) is 4.08. The zero-order chi connectivity index (χ0) is 11.8. The second-order valence-electron chi connectivity index (χ2n) is 4.13. The molecule has 17 heavy (non-hydrogen) atoms. The highest BCUT2D eigenvalue weighted by Gasteiger charge is 2.11. The van der Waals surface area contributed by atoms with Crippen LogP contribution >= 0.6 is 0 Å². The highest BCUT2D eigenvalue weighted by Crippen LogP contribution is 2.32. The maximum Gasteiger partial charge on any atom is 0.121 e. The van der Waals surface area contributed by atoms with Crippen molar-refractivity contribution in [2.45, 2.75) is 6.92 Å². The molecule has 2 heterocycles. The minimum atomic E-state index is 0.681. The van der Waals surface area contributed by atoms with Crippen LogP contribution in [0.15, 0.2) is 36.7 Å². The van der Waals surface area contributed by atoms with Crippen LogP contribution in [0.5, 0.6) is 5.75 Å². The molecule has 0 unspecified atom stereocenters. The summed E-state index contributed by atoms with van der Waals surface area (Å²) in [4.78, 5) is 4.62. The molecule has 0 N–H and O–H groups in total. The van der Waals surface area contributed by atoms with Gasteiger partial charge in [0.25, 0.3) is 0 Å². The maximum absolute atomic E-state index is 5.49. The average molecular weight is 226 g/mol. The predicted molar refractivity (Wildman–Crippen MR) is 68.5 cm³/mol. The number of aryl methyl sites for hydroxylation is 1. The number of benzene rings is 1. The minimum absolute atomic E-state index is 0.681. The largest absolute Gasteiger partial charge is 0.494 e. The lowest BCUT2D eigenvalue weighted by Crippen LogP contribution is -1.90. The Morgan fingerprint density at radius 3 is 3.00 bits per heavy atom. The van der Waals surface area contributed by atoms with Gasteiger partial charge in [-0.2, -0.15) is 0 Å². The van der Waals surface area contributed by atoms with Crippen molar-refractivity contribution in [2.24, 2.45) is 7.05 Å². The quantitative estimate of drug-likeness (QED) is 0.671. The van der Waals surface area contributed by atoms with Gasteiger partial charge in [-0.3, -0.25) is 0 Å². The topological polar surface area (TPSA) is 27.1 Å². The summed E-state index contributed by atoms with van der Waals surface area (Å²) in [5, 5.41) is 1.18. The molecule has 2 aliphatic rings. The van der Waals surface area contributed by atoms with E-state index in [-0.39, 0.29) is 0 Å². The van der Waals surface area contributed by atoms with Crippen LogP contribution in [-0.4, -0.2) is 16.2 Å². The summed E-state index contributed by atoms with van der Waals surface area (Å²) in [6, 6.07) is 8.18. The van der Waals surface area contributed by atoms with Crippen LogP contribution < -0.4 is 4.74 Å². The van der Waals surface area contributed by atoms with Gasteiger partial charge in [0.05, 0.1) is 17.8 Å². The third-order valence-electron chi connectivity index (χ3n) is 2.89. The molecular formula is C14H14N2O. The molecule has 1 aromatic rings. The molecule has 3 nitrogen and oxygen atoms in total. The number of hydrogen-bond donors (Lipinski definition) is 0. The number of rotatable bonds is 2. The Morgan fingerprint density at radius 1 is 1.29 bits per heavy atom. The van der Waals surface area contributed by atoms with E-state index in [9.17, 15) is 0 Å². The highest BCUT2D eigenvalue weighted by atomic mass is 16.5. The molecule has 0 radical (unpaired) electrons. The van der Waals surface area contributed by atoms with Crippen LogP contribution in [0, 0.1) is 0 Å². The van der Waals surface area contributed by atoms with Gasteiger partial charge in [0.2, 0.25) is 0 Å². The van der Waals surface area contributed by atoms with Crippen LogP contribution in [0.4, 0.5) is 0 Å². The van der Waals surface area contributed by atoms with E-state index >= 15 is 0 Å². The third-order valence-corrected chi connectivity index (χ3v) is 2.89. The summed E-state index contributed by atoms with van der Waals surface area (Å²) < 4.78 is 7.50. The second kappa shape index (κ2) is 3.77. The number of hydrogen-bond acceptors (Lipinski definition) is 2. The lowest BCUT2D eigenvalue weighted by atomic mass is 10.1. The van der Waals surface area contributed by atoms with Gasteiger partial charge < -0.3 is 9.30 Å². The first-order chi connectivity index (χ1) is 8.28. The zero-order valence-electron chi connectivity index (χ0n) is 9.97. The van der Waals surface area contributed by atoms with Crippen molar-refractivity contribution in [3.63, 3.8) is 0 Å². The van der Waals surface area contributed by atoms with E-state index in [0.29, 0.717) is 6.61 Å². The second-order valence-corrected chi connectivity index (χ2v) is 4.13. The van der Waals surface area contributed by atoms with Gasteiger partial charge in [0.15, 0.2) is 0 Å². The predicted octanol–water partition coefficient (Wildman–Crippen LogP) is 3.08. The van der Waals surface area contributed by atoms with Crippen LogP contribution in [-0.2, 0) is 7.05 Å². The van der Waals surface area contributed by atoms with E-state index in [0.717, 1.165) is 17.0 Å². The van der Waals surface area contributed by atoms with Crippen LogP contribution in [0.25, 0.3) is 22.2 Å². The molecule has 3 heteroatoms. The number of ether oxygens (including phenoxy) is 1. The molecule has 1 aromatic carbocycles. The molecule has 0 spiro atoms. The van der Waals surface area contributed by atoms with Crippen LogP contribution in [0.1, 0.15) is 6.92 Å². The fourth-order valence-electron chi connectivity index (χ4n) is 2.12. The Labute approximate surface area is 100.0 Å². The van der Waals surface area contributed by atoms with Gasteiger partial charge in [0, 0.05) is 36.5 Å². The molecule has 0 fully saturated rings.